The van der Waals surface area contributed by atoms with Crippen molar-refractivity contribution in [3.8, 4) is 0 Å². The number of hydrogen-bond acceptors (Lipinski definition) is 4. The minimum atomic E-state index is -2.51. The summed E-state index contributed by atoms with van der Waals surface area (Å²) in [4.78, 5) is 12.4. The number of aliphatic hydroxyl groups excluding tert-OH is 1. The number of anilines is 1. The van der Waals surface area contributed by atoms with E-state index in [-0.39, 0.29) is 19.0 Å². The molecular formula is C23H21Cl2N2O4S-. The van der Waals surface area contributed by atoms with Crippen LogP contribution in [0.4, 0.5) is 5.69 Å². The first-order valence-corrected chi connectivity index (χ1v) is 11.6. The van der Waals surface area contributed by atoms with E-state index in [0.29, 0.717) is 33.3 Å². The predicted octanol–water partition coefficient (Wildman–Crippen LogP) is 4.30. The molecule has 0 saturated heterocycles. The van der Waals surface area contributed by atoms with Crippen LogP contribution in [0.25, 0.3) is 0 Å². The molecule has 0 saturated carbocycles. The van der Waals surface area contributed by atoms with Crippen LogP contribution in [-0.4, -0.2) is 32.9 Å². The summed E-state index contributed by atoms with van der Waals surface area (Å²) in [6, 6.07) is 20.4. The Kier molecular flexibility index (Phi) is 8.67. The van der Waals surface area contributed by atoms with Gasteiger partial charge < -0.3 is 19.3 Å². The number of carbonyl (C=O) groups excluding carboxylic acids is 1. The Hall–Kier alpha value is -2.42. The van der Waals surface area contributed by atoms with Gasteiger partial charge in [-0.15, -0.1) is 0 Å². The number of carbonyl (C=O) groups is 1. The average molecular weight is 492 g/mol. The molecule has 0 radical (unpaired) electrons. The van der Waals surface area contributed by atoms with Crippen LogP contribution in [0, 0.1) is 0 Å². The van der Waals surface area contributed by atoms with Crippen LogP contribution in [0.15, 0.2) is 72.8 Å². The largest absolute Gasteiger partial charge is 0.755 e. The van der Waals surface area contributed by atoms with E-state index in [4.69, 9.17) is 23.2 Å². The second-order valence-corrected chi connectivity index (χ2v) is 8.63. The van der Waals surface area contributed by atoms with Gasteiger partial charge in [0.1, 0.15) is 0 Å². The maximum atomic E-state index is 12.4. The van der Waals surface area contributed by atoms with Crippen molar-refractivity contribution in [2.45, 2.75) is 12.5 Å². The summed E-state index contributed by atoms with van der Waals surface area (Å²) in [7, 11) is 0. The molecule has 0 aliphatic rings. The quantitative estimate of drug-likeness (QED) is 0.436. The van der Waals surface area contributed by atoms with E-state index in [9.17, 15) is 18.7 Å². The van der Waals surface area contributed by atoms with Crippen LogP contribution in [0.2, 0.25) is 10.0 Å². The Labute approximate surface area is 199 Å². The fourth-order valence-electron chi connectivity index (χ4n) is 3.12. The molecule has 0 aliphatic heterocycles. The molecule has 3 rings (SSSR count). The fraction of sp³-hybridized carbons (Fsp3) is 0.174. The average Bonchev–Trinajstić information content (AvgIpc) is 2.80. The van der Waals surface area contributed by atoms with E-state index in [0.717, 1.165) is 5.56 Å². The van der Waals surface area contributed by atoms with Crippen LogP contribution in [0.5, 0.6) is 0 Å². The molecule has 32 heavy (non-hydrogen) atoms. The first kappa shape index (κ1) is 24.2. The highest BCUT2D eigenvalue weighted by Gasteiger charge is 2.13. The number of amides is 1. The van der Waals surface area contributed by atoms with Gasteiger partial charge in [0, 0.05) is 35.6 Å². The predicted molar refractivity (Wildman–Crippen MR) is 127 cm³/mol. The van der Waals surface area contributed by atoms with Gasteiger partial charge in [0.25, 0.3) is 5.91 Å². The lowest BCUT2D eigenvalue weighted by atomic mass is 10.1. The normalized spacial score (nSPS) is 12.8. The third-order valence-corrected chi connectivity index (χ3v) is 6.46. The summed E-state index contributed by atoms with van der Waals surface area (Å²) in [6.45, 7) is 0.215. The van der Waals surface area contributed by atoms with Gasteiger partial charge in [-0.25, -0.2) is 0 Å². The lowest BCUT2D eigenvalue weighted by molar-refractivity contribution is 0.0916. The van der Waals surface area contributed by atoms with E-state index in [1.165, 1.54) is 16.4 Å². The molecule has 2 unspecified atom stereocenters. The van der Waals surface area contributed by atoms with Crippen molar-refractivity contribution in [3.63, 3.8) is 0 Å². The summed E-state index contributed by atoms with van der Waals surface area (Å²) in [6.07, 6.45) is -0.455. The molecule has 2 N–H and O–H groups in total. The van der Waals surface area contributed by atoms with Crippen molar-refractivity contribution < 1.29 is 18.7 Å². The van der Waals surface area contributed by atoms with E-state index >= 15 is 0 Å². The highest BCUT2D eigenvalue weighted by atomic mass is 35.5. The van der Waals surface area contributed by atoms with Crippen molar-refractivity contribution in [1.82, 2.24) is 5.32 Å². The molecular weight excluding hydrogens is 471 g/mol. The van der Waals surface area contributed by atoms with E-state index in [1.54, 1.807) is 42.5 Å². The Balaban J connectivity index is 1.62. The van der Waals surface area contributed by atoms with Gasteiger partial charge in [-0.05, 0) is 47.9 Å². The van der Waals surface area contributed by atoms with Crippen LogP contribution in [0.1, 0.15) is 27.6 Å². The summed E-state index contributed by atoms with van der Waals surface area (Å²) in [5.74, 6) is -0.368. The smallest absolute Gasteiger partial charge is 0.251 e. The third-order valence-electron chi connectivity index (χ3n) is 4.85. The zero-order valence-electron chi connectivity index (χ0n) is 16.9. The summed E-state index contributed by atoms with van der Waals surface area (Å²) in [5.41, 5.74) is 2.21. The van der Waals surface area contributed by atoms with Crippen molar-refractivity contribution in [3.05, 3.63) is 99.5 Å². The van der Waals surface area contributed by atoms with Crippen LogP contribution in [-0.2, 0) is 17.7 Å². The molecule has 0 bridgehead atoms. The Morgan fingerprint density at radius 2 is 1.72 bits per heavy atom. The second-order valence-electron chi connectivity index (χ2n) is 6.97. The van der Waals surface area contributed by atoms with E-state index in [2.05, 4.69) is 5.32 Å². The number of aliphatic hydroxyl groups is 1. The monoisotopic (exact) mass is 491 g/mol. The molecule has 0 fully saturated rings. The molecule has 1 amide bonds. The highest BCUT2D eigenvalue weighted by Crippen LogP contribution is 2.26. The maximum absolute atomic E-state index is 12.4. The van der Waals surface area contributed by atoms with Gasteiger partial charge in [-0.2, -0.15) is 0 Å². The van der Waals surface area contributed by atoms with Crippen LogP contribution < -0.4 is 9.62 Å². The first-order chi connectivity index (χ1) is 15.4. The molecule has 2 atom stereocenters. The number of nitrogens with zero attached hydrogens (tertiary/aromatic N) is 1. The van der Waals surface area contributed by atoms with E-state index < -0.39 is 17.4 Å². The molecule has 0 heterocycles. The van der Waals surface area contributed by atoms with Gasteiger partial charge in [0.05, 0.1) is 16.1 Å². The number of rotatable bonds is 9. The van der Waals surface area contributed by atoms with E-state index in [1.807, 2.05) is 18.2 Å². The summed E-state index contributed by atoms with van der Waals surface area (Å²) >= 11 is 9.68. The molecule has 9 heteroatoms. The standard InChI is InChI=1S/C23H22Cl2N2O4S/c24-20-8-4-7-17(22(20)25)13-14-27(32(30)31)19-11-9-18(10-12-19)23(29)26-15-21(28)16-5-2-1-3-6-16/h1-12,21,28H,13-15H2,(H,26,29)(H,30,31)/p-1. The van der Waals surface area contributed by atoms with Crippen molar-refractivity contribution in [1.29, 1.82) is 0 Å². The second kappa shape index (κ2) is 11.4. The first-order valence-electron chi connectivity index (χ1n) is 9.78. The summed E-state index contributed by atoms with van der Waals surface area (Å²) in [5, 5.41) is 13.7. The maximum Gasteiger partial charge on any atom is 0.251 e. The van der Waals surface area contributed by atoms with Gasteiger partial charge in [-0.1, -0.05) is 65.7 Å². The minimum absolute atomic E-state index is 0.0572. The van der Waals surface area contributed by atoms with Crippen molar-refractivity contribution in [2.24, 2.45) is 0 Å². The van der Waals surface area contributed by atoms with Gasteiger partial charge in [0.15, 0.2) is 0 Å². The molecule has 3 aromatic carbocycles. The van der Waals surface area contributed by atoms with Crippen LogP contribution >= 0.6 is 23.2 Å². The lowest BCUT2D eigenvalue weighted by Crippen LogP contribution is -2.29. The Morgan fingerprint density at radius 3 is 2.38 bits per heavy atom. The molecule has 6 nitrogen and oxygen atoms in total. The number of halogens is 2. The molecule has 0 aromatic heterocycles. The number of hydrogen-bond donors (Lipinski definition) is 2. The Morgan fingerprint density at radius 1 is 1.03 bits per heavy atom. The zero-order valence-corrected chi connectivity index (χ0v) is 19.2. The zero-order chi connectivity index (χ0) is 23.1. The minimum Gasteiger partial charge on any atom is -0.755 e. The van der Waals surface area contributed by atoms with Crippen molar-refractivity contribution in [2.75, 3.05) is 17.4 Å². The third kappa shape index (κ3) is 6.31. The molecule has 0 aliphatic carbocycles. The van der Waals surface area contributed by atoms with Gasteiger partial charge >= 0.3 is 0 Å². The highest BCUT2D eigenvalue weighted by molar-refractivity contribution is 7.80. The molecule has 3 aromatic rings. The SMILES string of the molecule is O=C(NCC(O)c1ccccc1)c1ccc(N(CCc2cccc(Cl)c2Cl)S(=O)[O-])cc1. The van der Waals surface area contributed by atoms with Crippen molar-refractivity contribution >= 4 is 46.1 Å². The summed E-state index contributed by atoms with van der Waals surface area (Å²) < 4.78 is 24.7. The number of nitrogens with one attached hydrogen (secondary N) is 1. The Bertz CT molecular complexity index is 1080. The fourth-order valence-corrected chi connectivity index (χ4v) is 4.07. The van der Waals surface area contributed by atoms with Crippen LogP contribution in [0.3, 0.4) is 0 Å². The molecule has 168 valence electrons. The topological polar surface area (TPSA) is 92.7 Å². The molecule has 0 spiro atoms. The van der Waals surface area contributed by atoms with Gasteiger partial charge in [0.2, 0.25) is 0 Å². The number of benzene rings is 3. The van der Waals surface area contributed by atoms with Gasteiger partial charge in [-0.3, -0.25) is 9.00 Å². The lowest BCUT2D eigenvalue weighted by Gasteiger charge is -2.26.